The monoisotopic (exact) mass is 516 g/mol. The van der Waals surface area contributed by atoms with E-state index in [0.717, 1.165) is 83.5 Å². The maximum Gasteiger partial charge on any atom is 0.306 e. The summed E-state index contributed by atoms with van der Waals surface area (Å²) in [7, 11) is 0. The summed E-state index contributed by atoms with van der Waals surface area (Å²) in [6.07, 6.45) is 37.3. The van der Waals surface area contributed by atoms with E-state index in [1.807, 2.05) is 0 Å². The topological polar surface area (TPSA) is 63.6 Å². The van der Waals surface area contributed by atoms with Gasteiger partial charge < -0.3 is 9.84 Å². The molecule has 0 spiro atoms. The standard InChI is InChI=1S/C33H56O4/c1-3-5-7-8-9-10-11-12-13-14-15-16-17-18-19-20-21-22-26-30-33(36)37-31(27-6-4-2)28-24-23-25-29-32(34)35/h5,7,9-10,12-13,15-16,31H,3-4,6,8,11,14,17-30H2,1-2H3,(H,34,35)/b7-5-,10-9-,13-12-,16-15-. The van der Waals surface area contributed by atoms with E-state index in [2.05, 4.69) is 62.5 Å². The van der Waals surface area contributed by atoms with Crippen LogP contribution >= 0.6 is 0 Å². The van der Waals surface area contributed by atoms with Crippen molar-refractivity contribution in [1.82, 2.24) is 0 Å². The lowest BCUT2D eigenvalue weighted by atomic mass is 10.0. The predicted octanol–water partition coefficient (Wildman–Crippen LogP) is 10.0. The number of aliphatic carboxylic acids is 1. The van der Waals surface area contributed by atoms with Gasteiger partial charge in [0.25, 0.3) is 0 Å². The lowest BCUT2D eigenvalue weighted by Gasteiger charge is -2.17. The summed E-state index contributed by atoms with van der Waals surface area (Å²) in [5, 5.41) is 8.73. The fourth-order valence-corrected chi connectivity index (χ4v) is 4.10. The number of carbonyl (C=O) groups excluding carboxylic acids is 1. The minimum atomic E-state index is -0.736. The van der Waals surface area contributed by atoms with Crippen LogP contribution in [0, 0.1) is 0 Å². The summed E-state index contributed by atoms with van der Waals surface area (Å²) < 4.78 is 5.74. The van der Waals surface area contributed by atoms with Gasteiger partial charge in [-0.25, -0.2) is 0 Å². The van der Waals surface area contributed by atoms with Gasteiger partial charge in [0.2, 0.25) is 0 Å². The summed E-state index contributed by atoms with van der Waals surface area (Å²) in [5.74, 6) is -0.800. The van der Waals surface area contributed by atoms with E-state index in [4.69, 9.17) is 9.84 Å². The molecule has 0 heterocycles. The Morgan fingerprint density at radius 2 is 1.14 bits per heavy atom. The molecular weight excluding hydrogens is 460 g/mol. The van der Waals surface area contributed by atoms with E-state index in [1.165, 1.54) is 25.7 Å². The largest absolute Gasteiger partial charge is 0.481 e. The fraction of sp³-hybridized carbons (Fsp3) is 0.697. The summed E-state index contributed by atoms with van der Waals surface area (Å²) >= 11 is 0. The molecule has 212 valence electrons. The van der Waals surface area contributed by atoms with Gasteiger partial charge in [-0.15, -0.1) is 0 Å². The Hall–Kier alpha value is -2.10. The number of hydrogen-bond donors (Lipinski definition) is 1. The quantitative estimate of drug-likeness (QED) is 0.0705. The Balaban J connectivity index is 3.69. The van der Waals surface area contributed by atoms with Crippen molar-refractivity contribution < 1.29 is 19.4 Å². The van der Waals surface area contributed by atoms with Crippen molar-refractivity contribution in [2.45, 2.75) is 148 Å². The van der Waals surface area contributed by atoms with Crippen molar-refractivity contribution in [2.75, 3.05) is 0 Å². The molecule has 0 amide bonds. The molecule has 1 N–H and O–H groups in total. The lowest BCUT2D eigenvalue weighted by Crippen LogP contribution is -2.18. The first-order valence-corrected chi connectivity index (χ1v) is 15.1. The second-order valence-corrected chi connectivity index (χ2v) is 9.91. The number of unbranched alkanes of at least 4 members (excludes halogenated alkanes) is 9. The molecule has 37 heavy (non-hydrogen) atoms. The Morgan fingerprint density at radius 3 is 1.76 bits per heavy atom. The Kier molecular flexibility index (Phi) is 26.9. The Labute approximate surface area is 228 Å². The zero-order valence-corrected chi connectivity index (χ0v) is 24.0. The van der Waals surface area contributed by atoms with Gasteiger partial charge >= 0.3 is 11.9 Å². The van der Waals surface area contributed by atoms with E-state index in [9.17, 15) is 9.59 Å². The van der Waals surface area contributed by atoms with Gasteiger partial charge in [0.1, 0.15) is 6.10 Å². The van der Waals surface area contributed by atoms with Crippen molar-refractivity contribution in [3.63, 3.8) is 0 Å². The van der Waals surface area contributed by atoms with Crippen molar-refractivity contribution >= 4 is 11.9 Å². The van der Waals surface area contributed by atoms with Crippen molar-refractivity contribution in [1.29, 1.82) is 0 Å². The zero-order chi connectivity index (χ0) is 27.2. The third-order valence-electron chi connectivity index (χ3n) is 6.32. The molecule has 0 fully saturated rings. The van der Waals surface area contributed by atoms with E-state index in [0.29, 0.717) is 12.8 Å². The minimum Gasteiger partial charge on any atom is -0.481 e. The SMILES string of the molecule is CC/C=C\C/C=C\C/C=C\C/C=C\CCCCCCCCC(=O)OC(CCCC)CCCCCC(=O)O. The van der Waals surface area contributed by atoms with Crippen LogP contribution in [0.3, 0.4) is 0 Å². The summed E-state index contributed by atoms with van der Waals surface area (Å²) in [6.45, 7) is 4.30. The van der Waals surface area contributed by atoms with Crippen LogP contribution in [0.25, 0.3) is 0 Å². The Morgan fingerprint density at radius 1 is 0.622 bits per heavy atom. The molecule has 0 aromatic rings. The summed E-state index contributed by atoms with van der Waals surface area (Å²) in [6, 6.07) is 0. The molecule has 0 saturated carbocycles. The van der Waals surface area contributed by atoms with E-state index in [1.54, 1.807) is 0 Å². The van der Waals surface area contributed by atoms with Gasteiger partial charge in [-0.3, -0.25) is 9.59 Å². The number of hydrogen-bond acceptors (Lipinski definition) is 3. The van der Waals surface area contributed by atoms with Gasteiger partial charge in [-0.2, -0.15) is 0 Å². The third-order valence-corrected chi connectivity index (χ3v) is 6.32. The Bertz CT molecular complexity index is 645. The minimum absolute atomic E-state index is 0.00404. The maximum absolute atomic E-state index is 12.3. The average molecular weight is 517 g/mol. The molecule has 4 heteroatoms. The average Bonchev–Trinajstić information content (AvgIpc) is 2.88. The molecule has 0 aliphatic heterocycles. The van der Waals surface area contributed by atoms with Crippen LogP contribution in [-0.4, -0.2) is 23.1 Å². The molecule has 1 unspecified atom stereocenters. The molecule has 1 atom stereocenters. The molecule has 4 nitrogen and oxygen atoms in total. The first-order valence-electron chi connectivity index (χ1n) is 15.1. The second kappa shape index (κ2) is 28.5. The van der Waals surface area contributed by atoms with Gasteiger partial charge in [0, 0.05) is 12.8 Å². The highest BCUT2D eigenvalue weighted by Crippen LogP contribution is 2.16. The number of carbonyl (C=O) groups is 2. The molecule has 0 aliphatic rings. The van der Waals surface area contributed by atoms with Gasteiger partial charge in [-0.05, 0) is 70.6 Å². The van der Waals surface area contributed by atoms with Crippen molar-refractivity contribution in [2.24, 2.45) is 0 Å². The third kappa shape index (κ3) is 28.3. The lowest BCUT2D eigenvalue weighted by molar-refractivity contribution is -0.150. The number of esters is 1. The van der Waals surface area contributed by atoms with E-state index >= 15 is 0 Å². The first-order chi connectivity index (χ1) is 18.1. The molecule has 0 aromatic heterocycles. The predicted molar refractivity (Wildman–Crippen MR) is 158 cm³/mol. The number of ether oxygens (including phenoxy) is 1. The van der Waals surface area contributed by atoms with Crippen LogP contribution in [0.5, 0.6) is 0 Å². The number of carboxylic acids is 1. The van der Waals surface area contributed by atoms with Gasteiger partial charge in [0.15, 0.2) is 0 Å². The van der Waals surface area contributed by atoms with Gasteiger partial charge in [-0.1, -0.05) is 107 Å². The molecule has 0 aliphatic carbocycles. The summed E-state index contributed by atoms with van der Waals surface area (Å²) in [5.41, 5.74) is 0. The molecule has 0 radical (unpaired) electrons. The second-order valence-electron chi connectivity index (χ2n) is 9.91. The van der Waals surface area contributed by atoms with Crippen LogP contribution in [0.1, 0.15) is 142 Å². The smallest absolute Gasteiger partial charge is 0.306 e. The van der Waals surface area contributed by atoms with E-state index in [-0.39, 0.29) is 18.5 Å². The molecule has 0 aromatic carbocycles. The summed E-state index contributed by atoms with van der Waals surface area (Å²) in [4.78, 5) is 22.9. The number of carboxylic acid groups (broad SMARTS) is 1. The highest BCUT2D eigenvalue weighted by atomic mass is 16.5. The molecule has 0 bridgehead atoms. The van der Waals surface area contributed by atoms with Crippen LogP contribution < -0.4 is 0 Å². The normalized spacial score (nSPS) is 12.9. The van der Waals surface area contributed by atoms with Crippen LogP contribution in [0.4, 0.5) is 0 Å². The number of allylic oxidation sites excluding steroid dienone is 8. The van der Waals surface area contributed by atoms with Crippen LogP contribution in [0.2, 0.25) is 0 Å². The maximum atomic E-state index is 12.3. The fourth-order valence-electron chi connectivity index (χ4n) is 4.10. The number of rotatable bonds is 26. The first kappa shape index (κ1) is 34.9. The highest BCUT2D eigenvalue weighted by Gasteiger charge is 2.14. The van der Waals surface area contributed by atoms with E-state index < -0.39 is 5.97 Å². The van der Waals surface area contributed by atoms with Crippen molar-refractivity contribution in [3.05, 3.63) is 48.6 Å². The molecular formula is C33H56O4. The van der Waals surface area contributed by atoms with Crippen LogP contribution in [0.15, 0.2) is 48.6 Å². The zero-order valence-electron chi connectivity index (χ0n) is 24.0. The highest BCUT2D eigenvalue weighted by molar-refractivity contribution is 5.69. The molecule has 0 rings (SSSR count). The molecule has 0 saturated heterocycles. The van der Waals surface area contributed by atoms with Crippen molar-refractivity contribution in [3.8, 4) is 0 Å². The van der Waals surface area contributed by atoms with Gasteiger partial charge in [0.05, 0.1) is 0 Å². The van der Waals surface area contributed by atoms with Crippen LogP contribution in [-0.2, 0) is 14.3 Å².